The van der Waals surface area contributed by atoms with Gasteiger partial charge in [0.25, 0.3) is 0 Å². The zero-order valence-electron chi connectivity index (χ0n) is 16.1. The minimum absolute atomic E-state index is 0.0244. The van der Waals surface area contributed by atoms with Crippen molar-refractivity contribution in [3.05, 3.63) is 62.8 Å². The molecule has 1 heterocycles. The van der Waals surface area contributed by atoms with Gasteiger partial charge >= 0.3 is 4.87 Å². The maximum atomic E-state index is 12.9. The van der Waals surface area contributed by atoms with Crippen LogP contribution in [0.5, 0.6) is 0 Å². The summed E-state index contributed by atoms with van der Waals surface area (Å²) in [5, 5.41) is 0. The molecule has 3 rings (SSSR count). The predicted octanol–water partition coefficient (Wildman–Crippen LogP) is 4.30. The summed E-state index contributed by atoms with van der Waals surface area (Å²) in [6.07, 6.45) is 0. The molecule has 1 N–H and O–H groups in total. The number of benzene rings is 2. The Morgan fingerprint density at radius 2 is 1.74 bits per heavy atom. The lowest BCUT2D eigenvalue weighted by atomic mass is 10.0. The minimum Gasteiger partial charge on any atom is -0.296 e. The standard InChI is InChI=1S/C20H24N2O3S2/c1-12(2)22-18-9-7-16(11-19(18)26-20(22)23)27(24,25)21-15(5)17-8-6-13(3)10-14(17)4/h6-12,15,21H,1-5H3. The molecule has 0 amide bonds. The van der Waals surface area contributed by atoms with Crippen LogP contribution in [0.3, 0.4) is 0 Å². The molecule has 1 atom stereocenters. The molecule has 0 bridgehead atoms. The van der Waals surface area contributed by atoms with Gasteiger partial charge in [0.15, 0.2) is 0 Å². The number of rotatable bonds is 5. The van der Waals surface area contributed by atoms with Crippen molar-refractivity contribution in [3.8, 4) is 0 Å². The Hall–Kier alpha value is -1.96. The van der Waals surface area contributed by atoms with Crippen molar-refractivity contribution in [1.82, 2.24) is 9.29 Å². The Morgan fingerprint density at radius 3 is 2.37 bits per heavy atom. The molecular formula is C20H24N2O3S2. The van der Waals surface area contributed by atoms with Crippen molar-refractivity contribution in [2.45, 2.75) is 51.6 Å². The zero-order chi connectivity index (χ0) is 19.9. The van der Waals surface area contributed by atoms with E-state index in [1.54, 1.807) is 22.8 Å². The first kappa shape index (κ1) is 19.8. The van der Waals surface area contributed by atoms with Gasteiger partial charge in [0.05, 0.1) is 15.1 Å². The van der Waals surface area contributed by atoms with Gasteiger partial charge in [-0.25, -0.2) is 13.1 Å². The second-order valence-electron chi connectivity index (χ2n) is 7.16. The molecule has 7 heteroatoms. The van der Waals surface area contributed by atoms with Crippen molar-refractivity contribution >= 4 is 31.6 Å². The average molecular weight is 405 g/mol. The fraction of sp³-hybridized carbons (Fsp3) is 0.350. The second kappa shape index (κ2) is 7.22. The van der Waals surface area contributed by atoms with E-state index >= 15 is 0 Å². The van der Waals surface area contributed by atoms with Crippen LogP contribution in [0, 0.1) is 13.8 Å². The third-order valence-electron chi connectivity index (χ3n) is 4.64. The minimum atomic E-state index is -3.70. The number of nitrogens with one attached hydrogen (secondary N) is 1. The van der Waals surface area contributed by atoms with Crippen LogP contribution in [-0.4, -0.2) is 13.0 Å². The highest BCUT2D eigenvalue weighted by atomic mass is 32.2. The molecule has 0 fully saturated rings. The third-order valence-corrected chi connectivity index (χ3v) is 7.09. The number of hydrogen-bond donors (Lipinski definition) is 1. The van der Waals surface area contributed by atoms with Crippen LogP contribution in [-0.2, 0) is 10.0 Å². The van der Waals surface area contributed by atoms with Crippen molar-refractivity contribution in [1.29, 1.82) is 0 Å². The van der Waals surface area contributed by atoms with Gasteiger partial charge in [-0.05, 0) is 63.9 Å². The first-order valence-electron chi connectivity index (χ1n) is 8.84. The summed E-state index contributed by atoms with van der Waals surface area (Å²) in [5.74, 6) is 0. The molecule has 27 heavy (non-hydrogen) atoms. The number of thiazole rings is 1. The van der Waals surface area contributed by atoms with E-state index < -0.39 is 10.0 Å². The lowest BCUT2D eigenvalue weighted by molar-refractivity contribution is 0.566. The SMILES string of the molecule is Cc1ccc(C(C)NS(=O)(=O)c2ccc3c(c2)sc(=O)n3C(C)C)c(C)c1. The molecule has 0 aliphatic rings. The highest BCUT2D eigenvalue weighted by Crippen LogP contribution is 2.26. The number of aromatic nitrogens is 1. The van der Waals surface area contributed by atoms with E-state index in [9.17, 15) is 13.2 Å². The van der Waals surface area contributed by atoms with E-state index in [0.717, 1.165) is 33.5 Å². The molecule has 0 saturated heterocycles. The Morgan fingerprint density at radius 1 is 1.04 bits per heavy atom. The van der Waals surface area contributed by atoms with Gasteiger partial charge in [0.1, 0.15) is 0 Å². The number of aryl methyl sites for hydroxylation is 2. The fourth-order valence-corrected chi connectivity index (χ4v) is 5.72. The quantitative estimate of drug-likeness (QED) is 0.689. The van der Waals surface area contributed by atoms with Crippen molar-refractivity contribution in [2.24, 2.45) is 0 Å². The molecule has 0 radical (unpaired) electrons. The molecule has 3 aromatic rings. The summed E-state index contributed by atoms with van der Waals surface area (Å²) in [6, 6.07) is 10.5. The van der Waals surface area contributed by atoms with Crippen LogP contribution in [0.2, 0.25) is 0 Å². The van der Waals surface area contributed by atoms with Crippen LogP contribution in [0.1, 0.15) is 49.5 Å². The highest BCUT2D eigenvalue weighted by molar-refractivity contribution is 7.89. The largest absolute Gasteiger partial charge is 0.308 e. The molecule has 0 aliphatic heterocycles. The number of fused-ring (bicyclic) bond motifs is 1. The Bertz CT molecular complexity index is 1160. The zero-order valence-corrected chi connectivity index (χ0v) is 17.7. The fourth-order valence-electron chi connectivity index (χ4n) is 3.35. The van der Waals surface area contributed by atoms with E-state index in [0.29, 0.717) is 4.70 Å². The predicted molar refractivity (Wildman–Crippen MR) is 111 cm³/mol. The number of sulfonamides is 1. The normalized spacial score (nSPS) is 13.4. The van der Waals surface area contributed by atoms with Crippen molar-refractivity contribution in [3.63, 3.8) is 0 Å². The Kier molecular flexibility index (Phi) is 5.29. The first-order chi connectivity index (χ1) is 12.6. The molecular weight excluding hydrogens is 380 g/mol. The Labute approximate surface area is 163 Å². The van der Waals surface area contributed by atoms with E-state index in [1.807, 2.05) is 52.8 Å². The summed E-state index contributed by atoms with van der Waals surface area (Å²) in [6.45, 7) is 9.69. The summed E-state index contributed by atoms with van der Waals surface area (Å²) < 4.78 is 30.9. The van der Waals surface area contributed by atoms with Gasteiger partial charge in [-0.3, -0.25) is 9.36 Å². The van der Waals surface area contributed by atoms with Gasteiger partial charge in [-0.15, -0.1) is 0 Å². The van der Waals surface area contributed by atoms with E-state index in [1.165, 1.54) is 0 Å². The maximum Gasteiger partial charge on any atom is 0.308 e. The molecule has 0 aliphatic carbocycles. The van der Waals surface area contributed by atoms with E-state index in [4.69, 9.17) is 0 Å². The number of nitrogens with zero attached hydrogens (tertiary/aromatic N) is 1. The molecule has 1 aromatic heterocycles. The summed E-state index contributed by atoms with van der Waals surface area (Å²) in [4.78, 5) is 12.3. The van der Waals surface area contributed by atoms with Crippen LogP contribution in [0.4, 0.5) is 0 Å². The topological polar surface area (TPSA) is 68.2 Å². The lowest BCUT2D eigenvalue weighted by Crippen LogP contribution is -2.27. The maximum absolute atomic E-state index is 12.9. The van der Waals surface area contributed by atoms with Gasteiger partial charge < -0.3 is 0 Å². The molecule has 144 valence electrons. The first-order valence-corrected chi connectivity index (χ1v) is 11.1. The lowest BCUT2D eigenvalue weighted by Gasteiger charge is -2.17. The molecule has 2 aromatic carbocycles. The van der Waals surface area contributed by atoms with Crippen LogP contribution in [0.25, 0.3) is 10.2 Å². The molecule has 1 unspecified atom stereocenters. The Balaban J connectivity index is 1.96. The van der Waals surface area contributed by atoms with Gasteiger partial charge in [0, 0.05) is 12.1 Å². The van der Waals surface area contributed by atoms with Gasteiger partial charge in [0.2, 0.25) is 10.0 Å². The smallest absolute Gasteiger partial charge is 0.296 e. The molecule has 0 spiro atoms. The van der Waals surface area contributed by atoms with Gasteiger partial charge in [-0.2, -0.15) is 0 Å². The highest BCUT2D eigenvalue weighted by Gasteiger charge is 2.21. The van der Waals surface area contributed by atoms with E-state index in [2.05, 4.69) is 4.72 Å². The second-order valence-corrected chi connectivity index (χ2v) is 9.87. The molecule has 0 saturated carbocycles. The summed E-state index contributed by atoms with van der Waals surface area (Å²) in [7, 11) is -3.70. The van der Waals surface area contributed by atoms with Crippen LogP contribution >= 0.6 is 11.3 Å². The number of hydrogen-bond acceptors (Lipinski definition) is 4. The van der Waals surface area contributed by atoms with Gasteiger partial charge in [-0.1, -0.05) is 35.1 Å². The van der Waals surface area contributed by atoms with Crippen molar-refractivity contribution in [2.75, 3.05) is 0 Å². The molecule has 5 nitrogen and oxygen atoms in total. The summed E-state index contributed by atoms with van der Waals surface area (Å²) in [5.41, 5.74) is 3.90. The summed E-state index contributed by atoms with van der Waals surface area (Å²) >= 11 is 1.07. The van der Waals surface area contributed by atoms with Crippen molar-refractivity contribution < 1.29 is 8.42 Å². The van der Waals surface area contributed by atoms with Crippen LogP contribution < -0.4 is 9.60 Å². The van der Waals surface area contributed by atoms with Crippen LogP contribution in [0.15, 0.2) is 46.1 Å². The third kappa shape index (κ3) is 3.85. The van der Waals surface area contributed by atoms with E-state index in [-0.39, 0.29) is 21.9 Å². The monoisotopic (exact) mass is 404 g/mol. The average Bonchev–Trinajstić information content (AvgIpc) is 2.89.